The minimum Gasteiger partial charge on any atom is -0.474 e. The standard InChI is InChI=1S/C23H30N4O4S/c1-23(2,3)22(28)26-10-8-17(9-11-26)31-21-14-20(24-15-25-21)27-12-7-16-13-18(32(4,29)30)5-6-19(16)27/h5,7,12-15,17,19H,6,8-11H2,1-4H3. The van der Waals surface area contributed by atoms with Gasteiger partial charge in [0.1, 0.15) is 18.2 Å². The van der Waals surface area contributed by atoms with Crippen molar-refractivity contribution in [3.8, 4) is 5.88 Å². The number of hydrogen-bond acceptors (Lipinski definition) is 7. The van der Waals surface area contributed by atoms with Crippen LogP contribution in [0.1, 0.15) is 40.0 Å². The Bertz CT molecular complexity index is 1090. The average molecular weight is 459 g/mol. The highest BCUT2D eigenvalue weighted by Crippen LogP contribution is 2.34. The number of nitrogens with zero attached hydrogens (tertiary/aromatic N) is 4. The van der Waals surface area contributed by atoms with E-state index in [1.807, 2.05) is 48.9 Å². The van der Waals surface area contributed by atoms with Crippen molar-refractivity contribution >= 4 is 21.6 Å². The number of carbonyl (C=O) groups is 1. The highest BCUT2D eigenvalue weighted by atomic mass is 32.2. The zero-order valence-corrected chi connectivity index (χ0v) is 19.8. The molecule has 0 radical (unpaired) electrons. The maximum absolute atomic E-state index is 12.5. The average Bonchev–Trinajstić information content (AvgIpc) is 3.16. The summed E-state index contributed by atoms with van der Waals surface area (Å²) in [5.41, 5.74) is 0.576. The molecule has 0 saturated carbocycles. The zero-order chi connectivity index (χ0) is 23.1. The summed E-state index contributed by atoms with van der Waals surface area (Å²) < 4.78 is 29.8. The van der Waals surface area contributed by atoms with Gasteiger partial charge in [0.15, 0.2) is 9.84 Å². The number of hydrogen-bond donors (Lipinski definition) is 0. The normalized spacial score (nSPS) is 21.8. The highest BCUT2D eigenvalue weighted by Gasteiger charge is 2.32. The molecule has 1 aromatic rings. The molecule has 172 valence electrons. The number of fused-ring (bicyclic) bond motifs is 1. The van der Waals surface area contributed by atoms with Crippen molar-refractivity contribution in [2.24, 2.45) is 5.41 Å². The Balaban J connectivity index is 1.40. The Kier molecular flexibility index (Phi) is 5.87. The van der Waals surface area contributed by atoms with Crippen LogP contribution >= 0.6 is 0 Å². The second kappa shape index (κ2) is 8.35. The second-order valence-electron chi connectivity index (χ2n) is 9.57. The van der Waals surface area contributed by atoms with Gasteiger partial charge >= 0.3 is 0 Å². The molecule has 4 rings (SSSR count). The first-order chi connectivity index (χ1) is 15.0. The van der Waals surface area contributed by atoms with Crippen LogP contribution in [0.4, 0.5) is 5.82 Å². The predicted molar refractivity (Wildman–Crippen MR) is 123 cm³/mol. The van der Waals surface area contributed by atoms with Crippen LogP contribution in [0.5, 0.6) is 5.88 Å². The molecule has 1 aliphatic carbocycles. The fourth-order valence-electron chi connectivity index (χ4n) is 4.24. The Labute approximate surface area is 189 Å². The molecule has 3 aliphatic rings. The molecular weight excluding hydrogens is 428 g/mol. The lowest BCUT2D eigenvalue weighted by Gasteiger charge is -2.35. The van der Waals surface area contributed by atoms with Crippen LogP contribution in [0, 0.1) is 5.41 Å². The lowest BCUT2D eigenvalue weighted by molar-refractivity contribution is -0.141. The van der Waals surface area contributed by atoms with Gasteiger partial charge in [0.2, 0.25) is 11.8 Å². The summed E-state index contributed by atoms with van der Waals surface area (Å²) in [4.78, 5) is 25.4. The first-order valence-corrected chi connectivity index (χ1v) is 12.8. The second-order valence-corrected chi connectivity index (χ2v) is 11.6. The molecular formula is C23H30N4O4S. The van der Waals surface area contributed by atoms with Gasteiger partial charge in [0.05, 0.1) is 10.9 Å². The molecule has 0 aromatic carbocycles. The molecule has 8 nitrogen and oxygen atoms in total. The third kappa shape index (κ3) is 4.72. The summed E-state index contributed by atoms with van der Waals surface area (Å²) in [6, 6.07) is 1.82. The molecule has 1 unspecified atom stereocenters. The number of aromatic nitrogens is 2. The Morgan fingerprint density at radius 3 is 2.56 bits per heavy atom. The molecule has 2 aliphatic heterocycles. The zero-order valence-electron chi connectivity index (χ0n) is 19.0. The van der Waals surface area contributed by atoms with E-state index in [0.717, 1.165) is 18.4 Å². The maximum atomic E-state index is 12.5. The molecule has 1 fully saturated rings. The number of anilines is 1. The van der Waals surface area contributed by atoms with Crippen molar-refractivity contribution in [3.63, 3.8) is 0 Å². The predicted octanol–water partition coefficient (Wildman–Crippen LogP) is 2.85. The minimum atomic E-state index is -3.23. The number of allylic oxidation sites excluding steroid dienone is 1. The smallest absolute Gasteiger partial charge is 0.227 e. The Hall–Kier alpha value is -2.68. The number of carbonyl (C=O) groups excluding carboxylic acids is 1. The van der Waals surface area contributed by atoms with Gasteiger partial charge in [0.25, 0.3) is 0 Å². The van der Waals surface area contributed by atoms with Gasteiger partial charge in [-0.2, -0.15) is 0 Å². The summed E-state index contributed by atoms with van der Waals surface area (Å²) in [5, 5.41) is 0. The van der Waals surface area contributed by atoms with E-state index < -0.39 is 9.84 Å². The van der Waals surface area contributed by atoms with Crippen molar-refractivity contribution in [2.45, 2.75) is 52.2 Å². The van der Waals surface area contributed by atoms with Crippen molar-refractivity contribution in [2.75, 3.05) is 24.2 Å². The van der Waals surface area contributed by atoms with E-state index in [-0.39, 0.29) is 23.5 Å². The van der Waals surface area contributed by atoms with Crippen LogP contribution in [-0.2, 0) is 14.6 Å². The van der Waals surface area contributed by atoms with Crippen LogP contribution in [0.25, 0.3) is 0 Å². The molecule has 0 bridgehead atoms. The lowest BCUT2D eigenvalue weighted by Crippen LogP contribution is -2.46. The van der Waals surface area contributed by atoms with E-state index in [1.54, 1.807) is 12.2 Å². The number of rotatable bonds is 4. The van der Waals surface area contributed by atoms with Gasteiger partial charge in [-0.3, -0.25) is 4.79 Å². The van der Waals surface area contributed by atoms with Crippen molar-refractivity contribution in [1.29, 1.82) is 0 Å². The summed E-state index contributed by atoms with van der Waals surface area (Å²) in [6.45, 7) is 7.19. The number of likely N-dealkylation sites (tertiary alicyclic amines) is 1. The van der Waals surface area contributed by atoms with E-state index in [2.05, 4.69) is 9.97 Å². The van der Waals surface area contributed by atoms with Gasteiger partial charge in [-0.1, -0.05) is 26.8 Å². The molecule has 0 spiro atoms. The molecule has 3 heterocycles. The monoisotopic (exact) mass is 458 g/mol. The van der Waals surface area contributed by atoms with Crippen molar-refractivity contribution in [1.82, 2.24) is 14.9 Å². The number of ether oxygens (including phenoxy) is 1. The molecule has 1 saturated heterocycles. The number of sulfone groups is 1. The van der Waals surface area contributed by atoms with E-state index in [4.69, 9.17) is 4.74 Å². The first-order valence-electron chi connectivity index (χ1n) is 10.9. The van der Waals surface area contributed by atoms with Crippen molar-refractivity contribution in [3.05, 3.63) is 47.3 Å². The number of amides is 1. The Morgan fingerprint density at radius 1 is 1.19 bits per heavy atom. The summed E-state index contributed by atoms with van der Waals surface area (Å²) in [6.07, 6.45) is 12.1. The van der Waals surface area contributed by atoms with Crippen LogP contribution in [0.2, 0.25) is 0 Å². The van der Waals surface area contributed by atoms with Crippen LogP contribution in [-0.4, -0.2) is 60.7 Å². The molecule has 1 atom stereocenters. The summed E-state index contributed by atoms with van der Waals surface area (Å²) in [7, 11) is -3.23. The van der Waals surface area contributed by atoms with E-state index in [0.29, 0.717) is 36.1 Å². The fourth-order valence-corrected chi connectivity index (χ4v) is 4.99. The summed E-state index contributed by atoms with van der Waals surface area (Å²) >= 11 is 0. The molecule has 1 amide bonds. The first kappa shape index (κ1) is 22.5. The SMILES string of the molecule is CC(C)(C)C(=O)N1CCC(Oc2cc(N3C=CC4=CC(S(C)(=O)=O)=CCC43)ncn2)CC1. The molecule has 9 heteroatoms. The molecule has 0 N–H and O–H groups in total. The summed E-state index contributed by atoms with van der Waals surface area (Å²) in [5.74, 6) is 1.38. The third-order valence-corrected chi connectivity index (χ3v) is 7.12. The Morgan fingerprint density at radius 2 is 1.91 bits per heavy atom. The highest BCUT2D eigenvalue weighted by molar-refractivity contribution is 7.94. The molecule has 32 heavy (non-hydrogen) atoms. The van der Waals surface area contributed by atoms with E-state index in [1.165, 1.54) is 12.6 Å². The topological polar surface area (TPSA) is 92.7 Å². The molecule has 1 aromatic heterocycles. The van der Waals surface area contributed by atoms with Crippen LogP contribution in [0.3, 0.4) is 0 Å². The van der Waals surface area contributed by atoms with Crippen molar-refractivity contribution < 1.29 is 17.9 Å². The van der Waals surface area contributed by atoms with E-state index in [9.17, 15) is 13.2 Å². The van der Waals surface area contributed by atoms with Gasteiger partial charge in [-0.15, -0.1) is 0 Å². The van der Waals surface area contributed by atoms with Gasteiger partial charge < -0.3 is 14.5 Å². The van der Waals surface area contributed by atoms with Crippen LogP contribution < -0.4 is 9.64 Å². The third-order valence-electron chi connectivity index (χ3n) is 5.98. The quantitative estimate of drug-likeness (QED) is 0.685. The number of piperidine rings is 1. The fraction of sp³-hybridized carbons (Fsp3) is 0.522. The van der Waals surface area contributed by atoms with Gasteiger partial charge in [-0.05, 0) is 24.1 Å². The van der Waals surface area contributed by atoms with E-state index >= 15 is 0 Å². The maximum Gasteiger partial charge on any atom is 0.227 e. The minimum absolute atomic E-state index is 0.00118. The largest absolute Gasteiger partial charge is 0.474 e. The lowest BCUT2D eigenvalue weighted by atomic mass is 9.93. The van der Waals surface area contributed by atoms with Crippen LogP contribution in [0.15, 0.2) is 47.3 Å². The van der Waals surface area contributed by atoms with Gasteiger partial charge in [0, 0.05) is 49.9 Å². The van der Waals surface area contributed by atoms with Gasteiger partial charge in [-0.25, -0.2) is 18.4 Å².